The van der Waals surface area contributed by atoms with Gasteiger partial charge >= 0.3 is 11.9 Å². The van der Waals surface area contributed by atoms with Crippen LogP contribution in [0.3, 0.4) is 0 Å². The highest BCUT2D eigenvalue weighted by molar-refractivity contribution is 5.77. The van der Waals surface area contributed by atoms with Crippen LogP contribution in [0, 0.1) is 5.92 Å². The third-order valence-electron chi connectivity index (χ3n) is 2.22. The summed E-state index contributed by atoms with van der Waals surface area (Å²) in [5.74, 6) is -2.84. The Hall–Kier alpha value is -1.06. The molecule has 0 rings (SSSR count). The lowest BCUT2D eigenvalue weighted by Crippen LogP contribution is -2.16. The van der Waals surface area contributed by atoms with Gasteiger partial charge in [-0.1, -0.05) is 46.5 Å². The van der Waals surface area contributed by atoms with E-state index in [9.17, 15) is 9.59 Å². The molecule has 0 aromatic carbocycles. The van der Waals surface area contributed by atoms with E-state index in [0.29, 0.717) is 6.42 Å². The van der Waals surface area contributed by atoms with E-state index < -0.39 is 17.9 Å². The molecule has 4 heteroatoms. The minimum atomic E-state index is -1.06. The summed E-state index contributed by atoms with van der Waals surface area (Å²) in [7, 11) is 0. The first-order chi connectivity index (χ1) is 7.49. The highest BCUT2D eigenvalue weighted by Gasteiger charge is 2.17. The van der Waals surface area contributed by atoms with E-state index in [1.54, 1.807) is 6.92 Å². The van der Waals surface area contributed by atoms with Crippen molar-refractivity contribution in [1.29, 1.82) is 0 Å². The van der Waals surface area contributed by atoms with Crippen LogP contribution in [0.1, 0.15) is 59.3 Å². The quantitative estimate of drug-likeness (QED) is 0.661. The molecule has 16 heavy (non-hydrogen) atoms. The zero-order chi connectivity index (χ0) is 13.0. The van der Waals surface area contributed by atoms with Crippen molar-refractivity contribution < 1.29 is 19.8 Å². The van der Waals surface area contributed by atoms with Crippen LogP contribution in [0.4, 0.5) is 0 Å². The number of aliphatic carboxylic acids is 2. The first kappa shape index (κ1) is 17.3. The van der Waals surface area contributed by atoms with Gasteiger partial charge in [-0.15, -0.1) is 0 Å². The lowest BCUT2D eigenvalue weighted by molar-refractivity contribution is -0.148. The molecular formula is C12H24O4. The van der Waals surface area contributed by atoms with Crippen molar-refractivity contribution in [3.8, 4) is 0 Å². The number of hydrogen-bond acceptors (Lipinski definition) is 2. The summed E-state index contributed by atoms with van der Waals surface area (Å²) < 4.78 is 0. The summed E-state index contributed by atoms with van der Waals surface area (Å²) in [5.41, 5.74) is 0. The molecule has 0 spiro atoms. The molecule has 0 saturated carbocycles. The molecule has 0 radical (unpaired) electrons. The molecule has 1 unspecified atom stereocenters. The Labute approximate surface area is 97.7 Å². The van der Waals surface area contributed by atoms with Gasteiger partial charge in [0.2, 0.25) is 0 Å². The molecule has 0 amide bonds. The van der Waals surface area contributed by atoms with Crippen LogP contribution in [-0.4, -0.2) is 22.2 Å². The van der Waals surface area contributed by atoms with Gasteiger partial charge in [-0.3, -0.25) is 9.59 Å². The predicted octanol–water partition coefficient (Wildman–Crippen LogP) is 3.16. The molecule has 0 aliphatic rings. The zero-order valence-electron chi connectivity index (χ0n) is 10.5. The Morgan fingerprint density at radius 3 is 1.56 bits per heavy atom. The van der Waals surface area contributed by atoms with E-state index >= 15 is 0 Å². The van der Waals surface area contributed by atoms with Gasteiger partial charge in [-0.05, 0) is 6.42 Å². The van der Waals surface area contributed by atoms with E-state index in [4.69, 9.17) is 10.2 Å². The molecule has 4 nitrogen and oxygen atoms in total. The largest absolute Gasteiger partial charge is 0.481 e. The predicted molar refractivity (Wildman–Crippen MR) is 63.5 cm³/mol. The Kier molecular flexibility index (Phi) is 13.0. The molecule has 0 bridgehead atoms. The maximum Gasteiger partial charge on any atom is 0.307 e. The summed E-state index contributed by atoms with van der Waals surface area (Å²) in [5, 5.41) is 16.6. The van der Waals surface area contributed by atoms with Crippen LogP contribution in [0.15, 0.2) is 0 Å². The molecule has 96 valence electrons. The molecule has 0 aromatic heterocycles. The van der Waals surface area contributed by atoms with Crippen molar-refractivity contribution in [2.45, 2.75) is 59.3 Å². The van der Waals surface area contributed by atoms with E-state index in [-0.39, 0.29) is 6.42 Å². The van der Waals surface area contributed by atoms with Crippen molar-refractivity contribution in [1.82, 2.24) is 0 Å². The zero-order valence-corrected chi connectivity index (χ0v) is 10.5. The van der Waals surface area contributed by atoms with Gasteiger partial charge in [-0.2, -0.15) is 0 Å². The van der Waals surface area contributed by atoms with Gasteiger partial charge in [0, 0.05) is 0 Å². The molecule has 0 heterocycles. The SMILES string of the molecule is CCC(CC(=O)O)C(=O)O.CCCCCC. The molecule has 2 N–H and O–H groups in total. The van der Waals surface area contributed by atoms with Crippen LogP contribution in [0.25, 0.3) is 0 Å². The monoisotopic (exact) mass is 232 g/mol. The maximum absolute atomic E-state index is 10.2. The summed E-state index contributed by atoms with van der Waals surface area (Å²) in [4.78, 5) is 20.2. The van der Waals surface area contributed by atoms with Gasteiger partial charge in [0.25, 0.3) is 0 Å². The molecule has 0 saturated heterocycles. The van der Waals surface area contributed by atoms with Gasteiger partial charge < -0.3 is 10.2 Å². The number of carboxylic acids is 2. The molecule has 0 aromatic rings. The molecule has 0 aliphatic heterocycles. The second-order valence-electron chi connectivity index (χ2n) is 3.75. The molecule has 1 atom stereocenters. The van der Waals surface area contributed by atoms with Gasteiger partial charge in [0.05, 0.1) is 12.3 Å². The summed E-state index contributed by atoms with van der Waals surface area (Å²) >= 11 is 0. The first-order valence-electron chi connectivity index (χ1n) is 5.94. The van der Waals surface area contributed by atoms with Crippen molar-refractivity contribution in [2.75, 3.05) is 0 Å². The van der Waals surface area contributed by atoms with E-state index in [1.165, 1.54) is 25.7 Å². The second kappa shape index (κ2) is 12.0. The number of carbonyl (C=O) groups is 2. The standard InChI is InChI=1S/C6H10O4.C6H14/c1-2-4(6(9)10)3-5(7)8;1-3-5-6-4-2/h4H,2-3H2,1H3,(H,7,8)(H,9,10);3-6H2,1-2H3. The molecule has 0 aliphatic carbocycles. The Balaban J connectivity index is 0. The fourth-order valence-corrected chi connectivity index (χ4v) is 1.12. The topological polar surface area (TPSA) is 74.6 Å². The molecular weight excluding hydrogens is 208 g/mol. The van der Waals surface area contributed by atoms with Gasteiger partial charge in [0.15, 0.2) is 0 Å². The minimum Gasteiger partial charge on any atom is -0.481 e. The first-order valence-corrected chi connectivity index (χ1v) is 5.94. The maximum atomic E-state index is 10.2. The van der Waals surface area contributed by atoms with E-state index in [0.717, 1.165) is 0 Å². The Morgan fingerprint density at radius 1 is 1.00 bits per heavy atom. The summed E-state index contributed by atoms with van der Waals surface area (Å²) in [6.45, 7) is 6.12. The van der Waals surface area contributed by atoms with Crippen LogP contribution in [0.5, 0.6) is 0 Å². The Morgan fingerprint density at radius 2 is 1.44 bits per heavy atom. The summed E-state index contributed by atoms with van der Waals surface area (Å²) in [6.07, 6.45) is 5.61. The van der Waals surface area contributed by atoms with Crippen molar-refractivity contribution in [3.63, 3.8) is 0 Å². The third-order valence-corrected chi connectivity index (χ3v) is 2.22. The number of unbranched alkanes of at least 4 members (excludes halogenated alkanes) is 3. The van der Waals surface area contributed by atoms with Crippen molar-refractivity contribution >= 4 is 11.9 Å². The Bertz CT molecular complexity index is 185. The van der Waals surface area contributed by atoms with Crippen LogP contribution >= 0.6 is 0 Å². The van der Waals surface area contributed by atoms with Gasteiger partial charge in [-0.25, -0.2) is 0 Å². The lowest BCUT2D eigenvalue weighted by atomic mass is 10.0. The van der Waals surface area contributed by atoms with Gasteiger partial charge in [0.1, 0.15) is 0 Å². The highest BCUT2D eigenvalue weighted by Crippen LogP contribution is 2.07. The van der Waals surface area contributed by atoms with Crippen LogP contribution < -0.4 is 0 Å². The summed E-state index contributed by atoms with van der Waals surface area (Å²) in [6, 6.07) is 0. The van der Waals surface area contributed by atoms with Crippen LogP contribution in [0.2, 0.25) is 0 Å². The number of carboxylic acid groups (broad SMARTS) is 2. The number of hydrogen-bond donors (Lipinski definition) is 2. The number of rotatable bonds is 7. The third kappa shape index (κ3) is 12.9. The van der Waals surface area contributed by atoms with E-state index in [1.807, 2.05) is 0 Å². The smallest absolute Gasteiger partial charge is 0.307 e. The minimum absolute atomic E-state index is 0.286. The second-order valence-corrected chi connectivity index (χ2v) is 3.75. The fourth-order valence-electron chi connectivity index (χ4n) is 1.12. The average molecular weight is 232 g/mol. The van der Waals surface area contributed by atoms with Crippen molar-refractivity contribution in [2.24, 2.45) is 5.92 Å². The molecule has 0 fully saturated rings. The lowest BCUT2D eigenvalue weighted by Gasteiger charge is -2.03. The van der Waals surface area contributed by atoms with E-state index in [2.05, 4.69) is 13.8 Å². The normalized spacial score (nSPS) is 11.2. The van der Waals surface area contributed by atoms with Crippen LogP contribution in [-0.2, 0) is 9.59 Å². The van der Waals surface area contributed by atoms with Crippen molar-refractivity contribution in [3.05, 3.63) is 0 Å². The highest BCUT2D eigenvalue weighted by atomic mass is 16.4. The average Bonchev–Trinajstić information content (AvgIpc) is 2.23. The fraction of sp³-hybridized carbons (Fsp3) is 0.833.